The molecule has 34 heavy (non-hydrogen) atoms. The largest absolute Gasteiger partial charge is 0.268 e. The van der Waals surface area contributed by atoms with Crippen LogP contribution in [0.3, 0.4) is 0 Å². The molecule has 5 heteroatoms. The van der Waals surface area contributed by atoms with Gasteiger partial charge in [0.15, 0.2) is 0 Å². The number of allylic oxidation sites excluding steroid dienone is 1. The first-order valence-electron chi connectivity index (χ1n) is 11.5. The molecule has 0 saturated heterocycles. The van der Waals surface area contributed by atoms with E-state index in [1.54, 1.807) is 30.3 Å². The molecule has 1 aliphatic heterocycles. The predicted molar refractivity (Wildman–Crippen MR) is 131 cm³/mol. The molecule has 170 valence electrons. The van der Waals surface area contributed by atoms with E-state index in [2.05, 4.69) is 0 Å². The Morgan fingerprint density at radius 1 is 0.882 bits per heavy atom. The Labute approximate surface area is 197 Å². The normalized spacial score (nSPS) is 21.1. The number of fused-ring (bicyclic) bond motifs is 1. The molecule has 2 aliphatic rings. The average molecular weight is 455 g/mol. The van der Waals surface area contributed by atoms with Crippen LogP contribution in [0.25, 0.3) is 12.2 Å². The molecule has 0 bridgehead atoms. The third-order valence-corrected chi connectivity index (χ3v) is 6.37. The predicted octanol–water partition coefficient (Wildman–Crippen LogP) is 6.80. The van der Waals surface area contributed by atoms with E-state index in [-0.39, 0.29) is 29.5 Å². The van der Waals surface area contributed by atoms with Gasteiger partial charge in [0, 0.05) is 12.0 Å². The van der Waals surface area contributed by atoms with Crippen LogP contribution in [0.1, 0.15) is 42.0 Å². The van der Waals surface area contributed by atoms with Crippen molar-refractivity contribution in [2.24, 2.45) is 11.0 Å². The maximum Gasteiger partial charge on any atom is 0.267 e. The second kappa shape index (κ2) is 9.56. The Bertz CT molecular complexity index is 1260. The van der Waals surface area contributed by atoms with E-state index in [1.165, 1.54) is 35.4 Å². The topological polar surface area (TPSA) is 32.7 Å². The Kier molecular flexibility index (Phi) is 6.17. The van der Waals surface area contributed by atoms with Gasteiger partial charge in [-0.1, -0.05) is 54.6 Å². The Morgan fingerprint density at radius 2 is 1.56 bits per heavy atom. The Morgan fingerprint density at radius 3 is 2.26 bits per heavy atom. The maximum absolute atomic E-state index is 13.6. The molecule has 2 unspecified atom stereocenters. The van der Waals surface area contributed by atoms with Gasteiger partial charge in [-0.2, -0.15) is 5.10 Å². The van der Waals surface area contributed by atoms with Crippen LogP contribution in [0.15, 0.2) is 95.6 Å². The van der Waals surface area contributed by atoms with Gasteiger partial charge in [-0.15, -0.1) is 0 Å². The van der Waals surface area contributed by atoms with E-state index < -0.39 is 0 Å². The Hall–Kier alpha value is -3.86. The number of hydrogen-bond acceptors (Lipinski definition) is 2. The van der Waals surface area contributed by atoms with Gasteiger partial charge in [-0.3, -0.25) is 4.79 Å². The molecule has 3 nitrogen and oxygen atoms in total. The second-order valence-corrected chi connectivity index (χ2v) is 8.63. The number of rotatable bonds is 4. The van der Waals surface area contributed by atoms with Crippen molar-refractivity contribution < 1.29 is 13.6 Å². The van der Waals surface area contributed by atoms with E-state index in [4.69, 9.17) is 5.10 Å². The third kappa shape index (κ3) is 4.60. The highest BCUT2D eigenvalue weighted by Crippen LogP contribution is 2.44. The van der Waals surface area contributed by atoms with Gasteiger partial charge in [0.05, 0.1) is 11.8 Å². The van der Waals surface area contributed by atoms with E-state index >= 15 is 0 Å². The van der Waals surface area contributed by atoms with Gasteiger partial charge < -0.3 is 0 Å². The lowest BCUT2D eigenvalue weighted by Gasteiger charge is -2.29. The lowest BCUT2D eigenvalue weighted by Crippen LogP contribution is -2.31. The summed E-state index contributed by atoms with van der Waals surface area (Å²) in [7, 11) is 0. The molecule has 1 aliphatic carbocycles. The van der Waals surface area contributed by atoms with Crippen molar-refractivity contribution >= 4 is 23.8 Å². The first-order valence-corrected chi connectivity index (χ1v) is 11.5. The van der Waals surface area contributed by atoms with Crippen LogP contribution in [0.2, 0.25) is 0 Å². The first kappa shape index (κ1) is 22.0. The minimum absolute atomic E-state index is 0.0139. The van der Waals surface area contributed by atoms with Crippen LogP contribution in [0.4, 0.5) is 8.78 Å². The number of hydrogen-bond donors (Lipinski definition) is 0. The fraction of sp³-hybridized carbons (Fsp3) is 0.172. The quantitative estimate of drug-likeness (QED) is 0.399. The number of halogens is 2. The zero-order valence-electron chi connectivity index (χ0n) is 18.6. The van der Waals surface area contributed by atoms with Crippen molar-refractivity contribution in [2.45, 2.75) is 25.3 Å². The van der Waals surface area contributed by atoms with Gasteiger partial charge in [-0.05, 0) is 77.9 Å². The summed E-state index contributed by atoms with van der Waals surface area (Å²) >= 11 is 0. The number of benzene rings is 3. The molecule has 0 N–H and O–H groups in total. The lowest BCUT2D eigenvalue weighted by atomic mass is 9.77. The summed E-state index contributed by atoms with van der Waals surface area (Å²) in [6.45, 7) is 0. The molecule has 1 saturated carbocycles. The van der Waals surface area contributed by atoms with E-state index in [1.807, 2.05) is 36.4 Å². The fourth-order valence-corrected chi connectivity index (χ4v) is 4.74. The monoisotopic (exact) mass is 454 g/mol. The summed E-state index contributed by atoms with van der Waals surface area (Å²) in [5.41, 5.74) is 4.61. The summed E-state index contributed by atoms with van der Waals surface area (Å²) in [6, 6.07) is 22.0. The molecule has 0 aromatic heterocycles. The van der Waals surface area contributed by atoms with Crippen molar-refractivity contribution in [1.82, 2.24) is 5.01 Å². The van der Waals surface area contributed by atoms with Gasteiger partial charge in [0.1, 0.15) is 11.6 Å². The van der Waals surface area contributed by atoms with Crippen molar-refractivity contribution in [3.05, 3.63) is 119 Å². The standard InChI is InChI=1S/C29H24F2N2O/c30-24-14-9-21(10-15-24)19-23-7-4-8-26-28(23)32-33(29(26)22-12-16-25(31)17-13-22)27(34)18-11-20-5-2-1-3-6-20/h1-3,5-6,9-19,26,29H,4,7-8H2. The number of nitrogens with zero attached hydrogens (tertiary/aromatic N) is 2. The minimum Gasteiger partial charge on any atom is -0.268 e. The summed E-state index contributed by atoms with van der Waals surface area (Å²) in [4.78, 5) is 13.3. The van der Waals surface area contributed by atoms with Crippen LogP contribution < -0.4 is 0 Å². The number of hydrazone groups is 1. The summed E-state index contributed by atoms with van der Waals surface area (Å²) in [6.07, 6.45) is 8.02. The Balaban J connectivity index is 1.51. The van der Waals surface area contributed by atoms with Crippen molar-refractivity contribution in [3.8, 4) is 0 Å². The van der Waals surface area contributed by atoms with E-state index in [9.17, 15) is 13.6 Å². The maximum atomic E-state index is 13.6. The van der Waals surface area contributed by atoms with E-state index in [0.29, 0.717) is 0 Å². The van der Waals surface area contributed by atoms with Gasteiger partial charge in [-0.25, -0.2) is 13.8 Å². The summed E-state index contributed by atoms with van der Waals surface area (Å²) < 4.78 is 27.0. The number of carbonyl (C=O) groups is 1. The molecule has 1 heterocycles. The van der Waals surface area contributed by atoms with Crippen LogP contribution >= 0.6 is 0 Å². The molecule has 3 aromatic carbocycles. The molecular formula is C29H24F2N2O. The molecular weight excluding hydrogens is 430 g/mol. The molecule has 0 spiro atoms. The zero-order chi connectivity index (χ0) is 23.5. The van der Waals surface area contributed by atoms with Gasteiger partial charge in [0.2, 0.25) is 0 Å². The van der Waals surface area contributed by atoms with Gasteiger partial charge >= 0.3 is 0 Å². The smallest absolute Gasteiger partial charge is 0.267 e. The van der Waals surface area contributed by atoms with Crippen LogP contribution in [-0.2, 0) is 4.79 Å². The zero-order valence-corrected chi connectivity index (χ0v) is 18.6. The minimum atomic E-state index is -0.315. The van der Waals surface area contributed by atoms with Crippen molar-refractivity contribution in [2.75, 3.05) is 0 Å². The molecule has 1 amide bonds. The lowest BCUT2D eigenvalue weighted by molar-refractivity contribution is -0.128. The van der Waals surface area contributed by atoms with Crippen LogP contribution in [0, 0.1) is 17.6 Å². The molecule has 3 aromatic rings. The van der Waals surface area contributed by atoms with Crippen LogP contribution in [0.5, 0.6) is 0 Å². The summed E-state index contributed by atoms with van der Waals surface area (Å²) in [5.74, 6) is -0.799. The highest BCUT2D eigenvalue weighted by Gasteiger charge is 2.43. The molecule has 0 radical (unpaired) electrons. The molecule has 2 atom stereocenters. The second-order valence-electron chi connectivity index (χ2n) is 8.63. The van der Waals surface area contributed by atoms with Crippen LogP contribution in [-0.4, -0.2) is 16.6 Å². The number of amides is 1. The molecule has 5 rings (SSSR count). The average Bonchev–Trinajstić information content (AvgIpc) is 3.26. The highest BCUT2D eigenvalue weighted by molar-refractivity contribution is 6.08. The fourth-order valence-electron chi connectivity index (χ4n) is 4.74. The van der Waals surface area contributed by atoms with Crippen molar-refractivity contribution in [3.63, 3.8) is 0 Å². The summed E-state index contributed by atoms with van der Waals surface area (Å²) in [5, 5.41) is 6.35. The third-order valence-electron chi connectivity index (χ3n) is 6.37. The van der Waals surface area contributed by atoms with E-state index in [0.717, 1.165) is 47.2 Å². The number of carbonyl (C=O) groups excluding carboxylic acids is 1. The highest BCUT2D eigenvalue weighted by atomic mass is 19.1. The first-order chi connectivity index (χ1) is 16.6. The SMILES string of the molecule is O=C(C=Cc1ccccc1)N1N=C2C(=Cc3ccc(F)cc3)CCCC2C1c1ccc(F)cc1. The van der Waals surface area contributed by atoms with Crippen molar-refractivity contribution in [1.29, 1.82) is 0 Å². The molecule has 1 fully saturated rings. The van der Waals surface area contributed by atoms with Gasteiger partial charge in [0.25, 0.3) is 5.91 Å².